The van der Waals surface area contributed by atoms with Crippen LogP contribution in [0.4, 0.5) is 17.3 Å². The van der Waals surface area contributed by atoms with Crippen molar-refractivity contribution in [1.82, 2.24) is 19.1 Å². The molecule has 0 fully saturated rings. The highest BCUT2D eigenvalue weighted by Gasteiger charge is 2.37. The summed E-state index contributed by atoms with van der Waals surface area (Å²) in [6, 6.07) is 10.7. The van der Waals surface area contributed by atoms with Gasteiger partial charge in [-0.1, -0.05) is 13.8 Å². The van der Waals surface area contributed by atoms with E-state index in [1.165, 1.54) is 22.0 Å². The van der Waals surface area contributed by atoms with E-state index in [1.807, 2.05) is 12.1 Å². The molecule has 0 unspecified atom stereocenters. The van der Waals surface area contributed by atoms with Crippen LogP contribution in [0.3, 0.4) is 0 Å². The molecule has 0 radical (unpaired) electrons. The third-order valence-corrected chi connectivity index (χ3v) is 7.72. The van der Waals surface area contributed by atoms with Gasteiger partial charge in [-0.15, -0.1) is 0 Å². The van der Waals surface area contributed by atoms with Crippen molar-refractivity contribution >= 4 is 23.2 Å². The number of rotatable bonds is 5. The second-order valence-corrected chi connectivity index (χ2v) is 11.2. The second kappa shape index (κ2) is 9.47. The van der Waals surface area contributed by atoms with E-state index in [4.69, 9.17) is 5.26 Å². The van der Waals surface area contributed by atoms with Crippen LogP contribution in [0.25, 0.3) is 11.1 Å². The number of pyridine rings is 3. The van der Waals surface area contributed by atoms with E-state index in [0.29, 0.717) is 52.7 Å². The third kappa shape index (κ3) is 4.25. The summed E-state index contributed by atoms with van der Waals surface area (Å²) in [4.78, 5) is 37.0. The Morgan fingerprint density at radius 2 is 1.95 bits per heavy atom. The average molecular weight is 536 g/mol. The Bertz CT molecular complexity index is 1760. The number of nitrogens with one attached hydrogen (secondary N) is 1. The lowest BCUT2D eigenvalue weighted by atomic mass is 9.90. The fourth-order valence-corrected chi connectivity index (χ4v) is 5.87. The lowest BCUT2D eigenvalue weighted by Crippen LogP contribution is -2.41. The van der Waals surface area contributed by atoms with Gasteiger partial charge in [0, 0.05) is 55.5 Å². The predicted octanol–water partition coefficient (Wildman–Crippen LogP) is 3.54. The molecule has 1 amide bonds. The number of hydrogen-bond donors (Lipinski definition) is 2. The Morgan fingerprint density at radius 3 is 2.67 bits per heavy atom. The number of nitriles is 1. The molecule has 6 rings (SSSR count). The molecular weight excluding hydrogens is 506 g/mol. The van der Waals surface area contributed by atoms with E-state index in [1.54, 1.807) is 48.6 Å². The number of nitrogens with zero attached hydrogens (tertiary/aromatic N) is 6. The van der Waals surface area contributed by atoms with Gasteiger partial charge in [0.15, 0.2) is 0 Å². The van der Waals surface area contributed by atoms with Crippen LogP contribution in [0, 0.1) is 16.7 Å². The molecule has 0 saturated carbocycles. The fourth-order valence-electron chi connectivity index (χ4n) is 5.87. The van der Waals surface area contributed by atoms with Crippen molar-refractivity contribution in [3.63, 3.8) is 0 Å². The zero-order valence-corrected chi connectivity index (χ0v) is 22.6. The number of hydrogen-bond acceptors (Lipinski definition) is 7. The van der Waals surface area contributed by atoms with Crippen LogP contribution in [0.2, 0.25) is 0 Å². The molecule has 10 nitrogen and oxygen atoms in total. The molecule has 0 atom stereocenters. The van der Waals surface area contributed by atoms with Crippen molar-refractivity contribution in [2.24, 2.45) is 12.5 Å². The molecule has 2 aliphatic rings. The molecule has 4 aromatic rings. The monoisotopic (exact) mass is 535 g/mol. The smallest absolute Gasteiger partial charge is 0.276 e. The molecule has 0 bridgehead atoms. The Labute approximate surface area is 231 Å². The normalized spacial score (nSPS) is 15.5. The zero-order valence-electron chi connectivity index (χ0n) is 22.6. The number of carbonyl (C=O) groups is 1. The minimum absolute atomic E-state index is 0.132. The standard InChI is InChI=1S/C30H29N7O3/c1-30(2)12-19-11-24-29(40)37(9-8-36(24)25(19)13-30)27-22(17-38)21(6-7-32-27)20-10-23(28(39)35(3)16-20)34-26-5-4-18(14-31)15-33-26/h4-7,10-11,15-16,38H,8-9,12-13,17H2,1-3H3,(H,33,34). The topological polar surface area (TPSA) is 129 Å². The number of aliphatic hydroxyl groups is 1. The first-order valence-corrected chi connectivity index (χ1v) is 13.2. The summed E-state index contributed by atoms with van der Waals surface area (Å²) in [6.45, 7) is 5.27. The first kappa shape index (κ1) is 25.5. The van der Waals surface area contributed by atoms with Crippen LogP contribution in [0.1, 0.15) is 46.7 Å². The summed E-state index contributed by atoms with van der Waals surface area (Å²) in [5, 5.41) is 22.6. The lowest BCUT2D eigenvalue weighted by molar-refractivity contribution is 0.0962. The molecule has 2 N–H and O–H groups in total. The van der Waals surface area contributed by atoms with Gasteiger partial charge in [-0.3, -0.25) is 14.5 Å². The number of anilines is 3. The third-order valence-electron chi connectivity index (χ3n) is 7.72. The second-order valence-electron chi connectivity index (χ2n) is 11.2. The highest BCUT2D eigenvalue weighted by atomic mass is 16.3. The molecule has 40 heavy (non-hydrogen) atoms. The Kier molecular flexibility index (Phi) is 6.04. The van der Waals surface area contributed by atoms with Crippen molar-refractivity contribution in [2.75, 3.05) is 16.8 Å². The van der Waals surface area contributed by atoms with Crippen LogP contribution in [-0.4, -0.2) is 36.7 Å². The highest BCUT2D eigenvalue weighted by molar-refractivity contribution is 6.06. The number of amides is 1. The first-order valence-electron chi connectivity index (χ1n) is 13.2. The van der Waals surface area contributed by atoms with Crippen molar-refractivity contribution in [3.8, 4) is 17.2 Å². The number of aromatic nitrogens is 4. The fraction of sp³-hybridized carbons (Fsp3) is 0.300. The van der Waals surface area contributed by atoms with E-state index in [2.05, 4.69) is 33.7 Å². The molecule has 4 aromatic heterocycles. The molecule has 1 aliphatic carbocycles. The van der Waals surface area contributed by atoms with Gasteiger partial charge in [-0.05, 0) is 59.7 Å². The maximum Gasteiger partial charge on any atom is 0.276 e. The van der Waals surface area contributed by atoms with E-state index in [9.17, 15) is 14.7 Å². The van der Waals surface area contributed by atoms with Gasteiger partial charge in [0.25, 0.3) is 11.5 Å². The number of carbonyl (C=O) groups excluding carboxylic acids is 1. The van der Waals surface area contributed by atoms with Crippen LogP contribution < -0.4 is 15.8 Å². The van der Waals surface area contributed by atoms with Crippen LogP contribution in [0.15, 0.2) is 53.7 Å². The minimum atomic E-state index is -0.337. The van der Waals surface area contributed by atoms with E-state index < -0.39 is 0 Å². The average Bonchev–Trinajstić information content (AvgIpc) is 3.43. The van der Waals surface area contributed by atoms with Crippen LogP contribution in [-0.2, 0) is 33.0 Å². The van der Waals surface area contributed by atoms with Gasteiger partial charge in [0.05, 0.1) is 12.2 Å². The zero-order chi connectivity index (χ0) is 28.2. The van der Waals surface area contributed by atoms with E-state index in [-0.39, 0.29) is 29.2 Å². The van der Waals surface area contributed by atoms with E-state index >= 15 is 0 Å². The number of fused-ring (bicyclic) bond motifs is 3. The maximum absolute atomic E-state index is 13.7. The summed E-state index contributed by atoms with van der Waals surface area (Å²) >= 11 is 0. The Morgan fingerprint density at radius 1 is 1.12 bits per heavy atom. The van der Waals surface area contributed by atoms with Crippen LogP contribution in [0.5, 0.6) is 0 Å². The predicted molar refractivity (Wildman–Crippen MR) is 150 cm³/mol. The molecule has 0 saturated heterocycles. The Hall–Kier alpha value is -4.75. The van der Waals surface area contributed by atoms with Gasteiger partial charge in [-0.2, -0.15) is 5.26 Å². The van der Waals surface area contributed by atoms with Gasteiger partial charge >= 0.3 is 0 Å². The van der Waals surface area contributed by atoms with Gasteiger partial charge in [0.1, 0.15) is 29.1 Å². The SMILES string of the molecule is Cn1cc(-c2ccnc(N3CCn4c(cc5c4CC(C)(C)C5)C3=O)c2CO)cc(Nc2ccc(C#N)cn2)c1=O. The van der Waals surface area contributed by atoms with Gasteiger partial charge < -0.3 is 19.6 Å². The maximum atomic E-state index is 13.7. The van der Waals surface area contributed by atoms with Gasteiger partial charge in [-0.25, -0.2) is 9.97 Å². The molecule has 0 spiro atoms. The lowest BCUT2D eigenvalue weighted by Gasteiger charge is -2.31. The van der Waals surface area contributed by atoms with E-state index in [0.717, 1.165) is 12.8 Å². The molecule has 1 aliphatic heterocycles. The summed E-state index contributed by atoms with van der Waals surface area (Å²) in [6.07, 6.45) is 6.64. The van der Waals surface area contributed by atoms with Crippen molar-refractivity contribution < 1.29 is 9.90 Å². The Balaban J connectivity index is 1.36. The molecule has 10 heteroatoms. The summed E-state index contributed by atoms with van der Waals surface area (Å²) in [5.41, 5.74) is 5.61. The first-order chi connectivity index (χ1) is 19.2. The van der Waals surface area contributed by atoms with Crippen molar-refractivity contribution in [1.29, 1.82) is 5.26 Å². The van der Waals surface area contributed by atoms with Crippen molar-refractivity contribution in [3.05, 3.63) is 87.4 Å². The number of aryl methyl sites for hydroxylation is 1. The summed E-state index contributed by atoms with van der Waals surface area (Å²) in [7, 11) is 1.65. The summed E-state index contributed by atoms with van der Waals surface area (Å²) in [5.74, 6) is 0.700. The molecular formula is C30H29N7O3. The summed E-state index contributed by atoms with van der Waals surface area (Å²) < 4.78 is 3.60. The molecule has 5 heterocycles. The van der Waals surface area contributed by atoms with Crippen molar-refractivity contribution in [2.45, 2.75) is 39.8 Å². The quantitative estimate of drug-likeness (QED) is 0.400. The molecule has 202 valence electrons. The minimum Gasteiger partial charge on any atom is -0.392 e. The van der Waals surface area contributed by atoms with Gasteiger partial charge in [0.2, 0.25) is 0 Å². The largest absolute Gasteiger partial charge is 0.392 e. The highest BCUT2D eigenvalue weighted by Crippen LogP contribution is 2.40. The van der Waals surface area contributed by atoms with Crippen LogP contribution >= 0.6 is 0 Å². The number of aliphatic hydroxyl groups excluding tert-OH is 1. The molecule has 0 aromatic carbocycles.